The molecule has 0 radical (unpaired) electrons. The van der Waals surface area contributed by atoms with Crippen molar-refractivity contribution in [2.24, 2.45) is 5.92 Å². The van der Waals surface area contributed by atoms with Crippen molar-refractivity contribution >= 4 is 23.8 Å². The fourth-order valence-electron chi connectivity index (χ4n) is 4.14. The lowest BCUT2D eigenvalue weighted by Gasteiger charge is -2.31. The summed E-state index contributed by atoms with van der Waals surface area (Å²) in [4.78, 5) is 27.6. The third-order valence-corrected chi connectivity index (χ3v) is 7.20. The zero-order valence-corrected chi connectivity index (χ0v) is 26.7. The number of nitrogens with zero attached hydrogens (tertiary/aromatic N) is 2. The molecule has 40 heavy (non-hydrogen) atoms. The Kier molecular flexibility index (Phi) is 21.0. The van der Waals surface area contributed by atoms with Crippen molar-refractivity contribution in [1.29, 1.82) is 0 Å². The Morgan fingerprint density at radius 2 is 1.27 bits per heavy atom. The molecule has 0 spiro atoms. The predicted molar refractivity (Wildman–Crippen MR) is 168 cm³/mol. The van der Waals surface area contributed by atoms with Crippen molar-refractivity contribution < 1.29 is 19.8 Å². The molecule has 2 aliphatic heterocycles. The van der Waals surface area contributed by atoms with Gasteiger partial charge >= 0.3 is 0 Å². The number of carbonyl (C=O) groups excluding carboxylic acids is 2. The van der Waals surface area contributed by atoms with E-state index in [1.165, 1.54) is 9.80 Å². The maximum Gasteiger partial charge on any atom is 0.255 e. The van der Waals surface area contributed by atoms with Gasteiger partial charge in [0.1, 0.15) is 0 Å². The average molecular weight is 576 g/mol. The molecule has 1 fully saturated rings. The van der Waals surface area contributed by atoms with Crippen molar-refractivity contribution in [3.05, 3.63) is 65.7 Å². The van der Waals surface area contributed by atoms with Gasteiger partial charge in [-0.1, -0.05) is 97.9 Å². The Bertz CT molecular complexity index is 912. The van der Waals surface area contributed by atoms with Gasteiger partial charge in [0, 0.05) is 37.6 Å². The lowest BCUT2D eigenvalue weighted by Crippen LogP contribution is -2.50. The fraction of sp³-hybridized carbons (Fsp3) is 0.562. The molecule has 2 aliphatic rings. The first-order valence-electron chi connectivity index (χ1n) is 15.0. The number of aliphatic hydroxyl groups is 2. The topological polar surface area (TPSA) is 93.1 Å². The largest absolute Gasteiger partial charge is 0.380 e. The molecule has 2 atom stereocenters. The summed E-state index contributed by atoms with van der Waals surface area (Å²) in [5.41, 5.74) is 2.03. The van der Waals surface area contributed by atoms with Crippen LogP contribution < -0.4 is 5.32 Å². The molecule has 226 valence electrons. The van der Waals surface area contributed by atoms with Gasteiger partial charge in [-0.3, -0.25) is 9.59 Å². The van der Waals surface area contributed by atoms with E-state index in [4.69, 9.17) is 0 Å². The van der Waals surface area contributed by atoms with Gasteiger partial charge in [0.15, 0.2) is 12.2 Å². The molecule has 4 rings (SSSR count). The summed E-state index contributed by atoms with van der Waals surface area (Å²) >= 11 is 1.74. The number of nitrogens with one attached hydrogen (secondary N) is 1. The Balaban J connectivity index is 0.00000175. The van der Waals surface area contributed by atoms with Crippen LogP contribution in [0.4, 0.5) is 0 Å². The highest BCUT2D eigenvalue weighted by molar-refractivity contribution is 7.97. The minimum atomic E-state index is -1.78. The van der Waals surface area contributed by atoms with E-state index in [-0.39, 0.29) is 0 Å². The molecular weight excluding hydrogens is 522 g/mol. The summed E-state index contributed by atoms with van der Waals surface area (Å²) in [5.74, 6) is -1.03. The van der Waals surface area contributed by atoms with Crippen molar-refractivity contribution in [3.63, 3.8) is 0 Å². The molecule has 2 aromatic rings. The molecule has 0 aliphatic carbocycles. The number of amides is 2. The summed E-state index contributed by atoms with van der Waals surface area (Å²) in [6.07, 6.45) is -1.68. The zero-order chi connectivity index (χ0) is 30.5. The number of piperidine rings is 1. The second kappa shape index (κ2) is 22.3. The maximum absolute atomic E-state index is 12.6. The van der Waals surface area contributed by atoms with Crippen LogP contribution in [0.5, 0.6) is 0 Å². The Labute approximate surface area is 247 Å². The highest BCUT2D eigenvalue weighted by Crippen LogP contribution is 2.28. The van der Waals surface area contributed by atoms with Gasteiger partial charge in [-0.05, 0) is 54.0 Å². The molecule has 0 saturated carbocycles. The van der Waals surface area contributed by atoms with E-state index in [9.17, 15) is 19.8 Å². The van der Waals surface area contributed by atoms with Gasteiger partial charge < -0.3 is 20.4 Å². The Hall–Kier alpha value is -2.39. The van der Waals surface area contributed by atoms with Gasteiger partial charge in [-0.15, -0.1) is 0 Å². The molecular formula is C32H53N3O4S. The number of carbonyl (C=O) groups is 2. The van der Waals surface area contributed by atoms with Crippen LogP contribution in [0.1, 0.15) is 79.4 Å². The molecule has 0 aromatic heterocycles. The van der Waals surface area contributed by atoms with Crippen molar-refractivity contribution in [3.8, 4) is 0 Å². The third-order valence-electron chi connectivity index (χ3n) is 6.09. The molecule has 7 nitrogen and oxygen atoms in total. The van der Waals surface area contributed by atoms with Gasteiger partial charge in [0.05, 0.1) is 0 Å². The number of aliphatic hydroxyl groups excluding tert-OH is 2. The van der Waals surface area contributed by atoms with Gasteiger partial charge in [0.2, 0.25) is 0 Å². The minimum Gasteiger partial charge on any atom is -0.380 e. The van der Waals surface area contributed by atoms with E-state index in [0.29, 0.717) is 25.6 Å². The quantitative estimate of drug-likeness (QED) is 0.357. The van der Waals surface area contributed by atoms with E-state index in [1.54, 1.807) is 11.9 Å². The minimum absolute atomic E-state index is 0.305. The molecule has 2 heterocycles. The molecule has 3 N–H and O–H groups in total. The Morgan fingerprint density at radius 3 is 1.77 bits per heavy atom. The van der Waals surface area contributed by atoms with Crippen molar-refractivity contribution in [1.82, 2.24) is 14.5 Å². The standard InChI is InChI=1S/C24H29N3O4S.4C2H6/c28-21(22(29)24(31)26-15-18-6-4-5-7-19(18)16-26)23(30)25-14-17-10-12-27(13-11-17)32-20-8-2-1-3-9-20;4*1-2/h1-9,17,21-22,28-29H,10-16H2,(H,25,30);4*1-2H3/t21-,22-;;;;/m1..../s1. The average Bonchev–Trinajstić information content (AvgIpc) is 3.48. The summed E-state index contributed by atoms with van der Waals surface area (Å²) in [5, 5.41) is 23.3. The summed E-state index contributed by atoms with van der Waals surface area (Å²) in [6, 6.07) is 17.9. The predicted octanol–water partition coefficient (Wildman–Crippen LogP) is 5.89. The number of hydrogen-bond donors (Lipinski definition) is 3. The summed E-state index contributed by atoms with van der Waals surface area (Å²) in [6.45, 7) is 19.0. The molecule has 8 heteroatoms. The first kappa shape index (κ1) is 37.6. The van der Waals surface area contributed by atoms with Crippen LogP contribution in [0.15, 0.2) is 59.5 Å². The third kappa shape index (κ3) is 12.0. The van der Waals surface area contributed by atoms with Crippen LogP contribution in [-0.4, -0.2) is 63.1 Å². The molecule has 2 aromatic carbocycles. The number of hydrogen-bond acceptors (Lipinski definition) is 6. The van der Waals surface area contributed by atoms with E-state index in [0.717, 1.165) is 37.1 Å². The SMILES string of the molecule is CC.CC.CC.CC.O=C(NCC1CCN(Sc2ccccc2)CC1)[C@H](O)[C@@H](O)C(=O)N1Cc2ccccc2C1. The smallest absolute Gasteiger partial charge is 0.255 e. The van der Waals surface area contributed by atoms with Gasteiger partial charge in [-0.25, -0.2) is 4.31 Å². The van der Waals surface area contributed by atoms with E-state index in [2.05, 4.69) is 21.8 Å². The van der Waals surface area contributed by atoms with E-state index in [1.807, 2.05) is 97.9 Å². The first-order valence-corrected chi connectivity index (χ1v) is 15.8. The summed E-state index contributed by atoms with van der Waals surface area (Å²) in [7, 11) is 0. The Morgan fingerprint density at radius 1 is 0.800 bits per heavy atom. The molecule has 2 amide bonds. The van der Waals surface area contributed by atoms with Gasteiger partial charge in [-0.2, -0.15) is 0 Å². The van der Waals surface area contributed by atoms with Crippen LogP contribution in [0.25, 0.3) is 0 Å². The van der Waals surface area contributed by atoms with Crippen LogP contribution in [0, 0.1) is 5.92 Å². The van der Waals surface area contributed by atoms with E-state index >= 15 is 0 Å². The second-order valence-electron chi connectivity index (χ2n) is 8.37. The van der Waals surface area contributed by atoms with Crippen molar-refractivity contribution in [2.45, 2.75) is 98.4 Å². The zero-order valence-electron chi connectivity index (χ0n) is 25.9. The first-order chi connectivity index (χ1) is 19.5. The van der Waals surface area contributed by atoms with E-state index < -0.39 is 24.0 Å². The van der Waals surface area contributed by atoms with Crippen LogP contribution in [0.2, 0.25) is 0 Å². The van der Waals surface area contributed by atoms with Crippen molar-refractivity contribution in [2.75, 3.05) is 19.6 Å². The lowest BCUT2D eigenvalue weighted by atomic mass is 9.98. The van der Waals surface area contributed by atoms with Crippen LogP contribution in [-0.2, 0) is 22.7 Å². The lowest BCUT2D eigenvalue weighted by molar-refractivity contribution is -0.153. The monoisotopic (exact) mass is 575 g/mol. The normalized spacial score (nSPS) is 15.6. The maximum atomic E-state index is 12.6. The second-order valence-corrected chi connectivity index (χ2v) is 9.54. The molecule has 0 bridgehead atoms. The van der Waals surface area contributed by atoms with Crippen LogP contribution >= 0.6 is 11.9 Å². The molecule has 0 unspecified atom stereocenters. The number of fused-ring (bicyclic) bond motifs is 1. The highest BCUT2D eigenvalue weighted by atomic mass is 32.2. The molecule has 1 saturated heterocycles. The van der Waals surface area contributed by atoms with Crippen LogP contribution in [0.3, 0.4) is 0 Å². The number of benzene rings is 2. The number of rotatable bonds is 7. The van der Waals surface area contributed by atoms with Gasteiger partial charge in [0.25, 0.3) is 11.8 Å². The highest BCUT2D eigenvalue weighted by Gasteiger charge is 2.35. The fourth-order valence-corrected chi connectivity index (χ4v) is 5.11. The summed E-state index contributed by atoms with van der Waals surface area (Å²) < 4.78 is 2.32.